The lowest BCUT2D eigenvalue weighted by Gasteiger charge is -2.21. The number of carbonyl (C=O) groups excluding carboxylic acids is 1. The molecule has 1 saturated heterocycles. The largest absolute Gasteiger partial charge is 0.384 e. The van der Waals surface area contributed by atoms with E-state index in [-0.39, 0.29) is 12.6 Å². The van der Waals surface area contributed by atoms with Gasteiger partial charge in [0.15, 0.2) is 0 Å². The average molecular weight is 286 g/mol. The van der Waals surface area contributed by atoms with Crippen molar-refractivity contribution in [2.24, 2.45) is 0 Å². The van der Waals surface area contributed by atoms with Gasteiger partial charge in [0.2, 0.25) is 0 Å². The van der Waals surface area contributed by atoms with Crippen LogP contribution < -0.4 is 5.32 Å². The Bertz CT molecular complexity index is 550. The first-order chi connectivity index (χ1) is 10.2. The van der Waals surface area contributed by atoms with Crippen molar-refractivity contribution >= 4 is 11.7 Å². The predicted octanol–water partition coefficient (Wildman–Crippen LogP) is 2.75. The molecule has 0 spiro atoms. The highest BCUT2D eigenvalue weighted by atomic mass is 16.2. The van der Waals surface area contributed by atoms with Gasteiger partial charge in [0.05, 0.1) is 0 Å². The molecule has 1 fully saturated rings. The van der Waals surface area contributed by atoms with Crippen LogP contribution in [0.4, 0.5) is 10.5 Å². The van der Waals surface area contributed by atoms with Crippen LogP contribution in [0.2, 0.25) is 0 Å². The van der Waals surface area contributed by atoms with Gasteiger partial charge in [-0.25, -0.2) is 4.79 Å². The Kier molecular flexibility index (Phi) is 5.65. The number of urea groups is 1. The Hall–Kier alpha value is -1.99. The second kappa shape index (κ2) is 7.70. The highest BCUT2D eigenvalue weighted by Gasteiger charge is 2.15. The molecule has 4 heteroatoms. The Labute approximate surface area is 126 Å². The molecule has 1 aromatic carbocycles. The second-order valence-corrected chi connectivity index (χ2v) is 5.32. The molecule has 0 aliphatic carbocycles. The lowest BCUT2D eigenvalue weighted by molar-refractivity contribution is 0.213. The normalized spacial score (nSPS) is 14.9. The summed E-state index contributed by atoms with van der Waals surface area (Å²) in [7, 11) is 0. The molecule has 21 heavy (non-hydrogen) atoms. The third-order valence-corrected chi connectivity index (χ3v) is 3.67. The van der Waals surface area contributed by atoms with Gasteiger partial charge in [-0.2, -0.15) is 0 Å². The molecule has 2 rings (SSSR count). The van der Waals surface area contributed by atoms with E-state index in [1.807, 2.05) is 30.0 Å². The SMILES string of the molecule is Cc1cc(C#CCO)ccc1NC(=O)N1CCCCCC1. The molecule has 2 amide bonds. The average Bonchev–Trinajstić information content (AvgIpc) is 2.76. The first-order valence-corrected chi connectivity index (χ1v) is 7.47. The molecule has 2 N–H and O–H groups in total. The molecule has 0 bridgehead atoms. The Morgan fingerprint density at radius 3 is 2.62 bits per heavy atom. The monoisotopic (exact) mass is 286 g/mol. The third kappa shape index (κ3) is 4.51. The molecule has 1 aromatic rings. The molecule has 0 radical (unpaired) electrons. The maximum absolute atomic E-state index is 12.3. The fourth-order valence-corrected chi connectivity index (χ4v) is 2.49. The van der Waals surface area contributed by atoms with E-state index in [0.717, 1.165) is 42.7 Å². The Balaban J connectivity index is 2.03. The maximum Gasteiger partial charge on any atom is 0.321 e. The summed E-state index contributed by atoms with van der Waals surface area (Å²) in [6, 6.07) is 5.62. The van der Waals surface area contributed by atoms with Crippen molar-refractivity contribution in [2.75, 3.05) is 25.0 Å². The van der Waals surface area contributed by atoms with Crippen molar-refractivity contribution in [2.45, 2.75) is 32.6 Å². The van der Waals surface area contributed by atoms with E-state index >= 15 is 0 Å². The number of likely N-dealkylation sites (tertiary alicyclic amines) is 1. The summed E-state index contributed by atoms with van der Waals surface area (Å²) in [6.07, 6.45) is 4.59. The van der Waals surface area contributed by atoms with Gasteiger partial charge in [-0.05, 0) is 43.5 Å². The van der Waals surface area contributed by atoms with Crippen LogP contribution in [-0.2, 0) is 0 Å². The van der Waals surface area contributed by atoms with E-state index < -0.39 is 0 Å². The van der Waals surface area contributed by atoms with E-state index in [2.05, 4.69) is 17.2 Å². The lowest BCUT2D eigenvalue weighted by atomic mass is 10.1. The van der Waals surface area contributed by atoms with Crippen molar-refractivity contribution in [3.05, 3.63) is 29.3 Å². The summed E-state index contributed by atoms with van der Waals surface area (Å²) in [4.78, 5) is 14.2. The van der Waals surface area contributed by atoms with Crippen LogP contribution in [0.3, 0.4) is 0 Å². The van der Waals surface area contributed by atoms with Crippen molar-refractivity contribution in [1.82, 2.24) is 4.90 Å². The van der Waals surface area contributed by atoms with E-state index in [9.17, 15) is 4.79 Å². The Morgan fingerprint density at radius 1 is 1.29 bits per heavy atom. The number of carbonyl (C=O) groups is 1. The summed E-state index contributed by atoms with van der Waals surface area (Å²) in [5, 5.41) is 11.7. The first-order valence-electron chi connectivity index (χ1n) is 7.47. The number of hydrogen-bond acceptors (Lipinski definition) is 2. The highest BCUT2D eigenvalue weighted by Crippen LogP contribution is 2.18. The van der Waals surface area contributed by atoms with Gasteiger partial charge in [-0.15, -0.1) is 0 Å². The van der Waals surface area contributed by atoms with Gasteiger partial charge in [0.1, 0.15) is 6.61 Å². The van der Waals surface area contributed by atoms with E-state index in [1.54, 1.807) is 0 Å². The number of nitrogens with zero attached hydrogens (tertiary/aromatic N) is 1. The first kappa shape index (κ1) is 15.4. The number of rotatable bonds is 1. The highest BCUT2D eigenvalue weighted by molar-refractivity contribution is 5.90. The van der Waals surface area contributed by atoms with Crippen molar-refractivity contribution in [3.8, 4) is 11.8 Å². The number of hydrogen-bond donors (Lipinski definition) is 2. The molecule has 4 nitrogen and oxygen atoms in total. The summed E-state index contributed by atoms with van der Waals surface area (Å²) >= 11 is 0. The minimum Gasteiger partial charge on any atom is -0.384 e. The number of benzene rings is 1. The minimum atomic E-state index is -0.146. The van der Waals surface area contributed by atoms with Gasteiger partial charge in [-0.1, -0.05) is 24.7 Å². The standard InChI is InChI=1S/C17H22N2O2/c1-14-13-15(7-6-12-20)8-9-16(14)18-17(21)19-10-4-2-3-5-11-19/h8-9,13,20H,2-5,10-12H2,1H3,(H,18,21). The zero-order valence-electron chi connectivity index (χ0n) is 12.5. The molecule has 112 valence electrons. The van der Waals surface area contributed by atoms with Crippen LogP contribution in [0, 0.1) is 18.8 Å². The van der Waals surface area contributed by atoms with Gasteiger partial charge < -0.3 is 15.3 Å². The number of aliphatic hydroxyl groups excluding tert-OH is 1. The van der Waals surface area contributed by atoms with Crippen molar-refractivity contribution in [1.29, 1.82) is 0 Å². The second-order valence-electron chi connectivity index (χ2n) is 5.32. The molecule has 0 atom stereocenters. The topological polar surface area (TPSA) is 52.6 Å². The predicted molar refractivity (Wildman–Crippen MR) is 84.2 cm³/mol. The number of anilines is 1. The molecular formula is C17H22N2O2. The van der Waals surface area contributed by atoms with Gasteiger partial charge in [0.25, 0.3) is 0 Å². The molecule has 1 aliphatic rings. The van der Waals surface area contributed by atoms with E-state index in [1.165, 1.54) is 12.8 Å². The van der Waals surface area contributed by atoms with Crippen LogP contribution in [0.15, 0.2) is 18.2 Å². The molecule has 0 unspecified atom stereocenters. The van der Waals surface area contributed by atoms with Gasteiger partial charge in [0, 0.05) is 24.3 Å². The molecule has 0 saturated carbocycles. The van der Waals surface area contributed by atoms with E-state index in [0.29, 0.717) is 0 Å². The molecular weight excluding hydrogens is 264 g/mol. The number of nitrogens with one attached hydrogen (secondary N) is 1. The van der Waals surface area contributed by atoms with Crippen molar-refractivity contribution < 1.29 is 9.90 Å². The molecule has 1 heterocycles. The number of aliphatic hydroxyl groups is 1. The van der Waals surface area contributed by atoms with Gasteiger partial charge in [-0.3, -0.25) is 0 Å². The summed E-state index contributed by atoms with van der Waals surface area (Å²) < 4.78 is 0. The lowest BCUT2D eigenvalue weighted by Crippen LogP contribution is -2.35. The molecule has 1 aliphatic heterocycles. The van der Waals surface area contributed by atoms with E-state index in [4.69, 9.17) is 5.11 Å². The molecule has 0 aromatic heterocycles. The maximum atomic E-state index is 12.3. The van der Waals surface area contributed by atoms with Crippen LogP contribution >= 0.6 is 0 Å². The van der Waals surface area contributed by atoms with Crippen LogP contribution in [0.1, 0.15) is 36.8 Å². The fraction of sp³-hybridized carbons (Fsp3) is 0.471. The van der Waals surface area contributed by atoms with Crippen LogP contribution in [0.5, 0.6) is 0 Å². The zero-order valence-corrected chi connectivity index (χ0v) is 12.5. The third-order valence-electron chi connectivity index (χ3n) is 3.67. The minimum absolute atomic E-state index is 0.0193. The fourth-order valence-electron chi connectivity index (χ4n) is 2.49. The van der Waals surface area contributed by atoms with Crippen molar-refractivity contribution in [3.63, 3.8) is 0 Å². The number of aryl methyl sites for hydroxylation is 1. The Morgan fingerprint density at radius 2 is 2.00 bits per heavy atom. The summed E-state index contributed by atoms with van der Waals surface area (Å²) in [6.45, 7) is 3.48. The summed E-state index contributed by atoms with van der Waals surface area (Å²) in [5.74, 6) is 5.48. The van der Waals surface area contributed by atoms with Crippen LogP contribution in [-0.4, -0.2) is 35.7 Å². The zero-order chi connectivity index (χ0) is 15.1. The smallest absolute Gasteiger partial charge is 0.321 e. The van der Waals surface area contributed by atoms with Crippen LogP contribution in [0.25, 0.3) is 0 Å². The summed E-state index contributed by atoms with van der Waals surface area (Å²) in [5.41, 5.74) is 2.64. The quantitative estimate of drug-likeness (QED) is 0.780. The number of amides is 2. The van der Waals surface area contributed by atoms with Gasteiger partial charge >= 0.3 is 6.03 Å².